The van der Waals surface area contributed by atoms with E-state index in [0.717, 1.165) is 31.7 Å². The van der Waals surface area contributed by atoms with Crippen LogP contribution in [0.2, 0.25) is 0 Å². The molecule has 1 aromatic rings. The van der Waals surface area contributed by atoms with Gasteiger partial charge in [-0.15, -0.1) is 0 Å². The third kappa shape index (κ3) is 4.34. The van der Waals surface area contributed by atoms with Crippen molar-refractivity contribution in [2.24, 2.45) is 5.41 Å². The number of aromatic nitrogens is 2. The standard InChI is InChI=1S/C16H31N3/c1-6-10-17-13-16(7-2,8-3)12-15-11-14(5)18-19(15)9-4/h11,17H,6-10,12-13H2,1-5H3. The van der Waals surface area contributed by atoms with Crippen molar-refractivity contribution >= 4 is 0 Å². The van der Waals surface area contributed by atoms with Gasteiger partial charge in [-0.2, -0.15) is 5.10 Å². The minimum atomic E-state index is 0.370. The van der Waals surface area contributed by atoms with Crippen LogP contribution < -0.4 is 5.32 Å². The van der Waals surface area contributed by atoms with Gasteiger partial charge < -0.3 is 5.32 Å². The maximum Gasteiger partial charge on any atom is 0.0596 e. The van der Waals surface area contributed by atoms with Gasteiger partial charge in [-0.25, -0.2) is 0 Å². The molecule has 1 aromatic heterocycles. The zero-order valence-corrected chi connectivity index (χ0v) is 13.4. The van der Waals surface area contributed by atoms with Crippen LogP contribution in [0, 0.1) is 12.3 Å². The lowest BCUT2D eigenvalue weighted by Crippen LogP contribution is -2.36. The molecule has 0 aliphatic heterocycles. The molecule has 0 bridgehead atoms. The number of nitrogens with one attached hydrogen (secondary N) is 1. The van der Waals surface area contributed by atoms with Crippen LogP contribution in [0.15, 0.2) is 6.07 Å². The van der Waals surface area contributed by atoms with Crippen molar-refractivity contribution in [1.29, 1.82) is 0 Å². The minimum absolute atomic E-state index is 0.370. The van der Waals surface area contributed by atoms with Gasteiger partial charge in [0.2, 0.25) is 0 Å². The van der Waals surface area contributed by atoms with Gasteiger partial charge in [-0.3, -0.25) is 4.68 Å². The van der Waals surface area contributed by atoms with Crippen molar-refractivity contribution in [3.8, 4) is 0 Å². The molecule has 0 unspecified atom stereocenters. The Morgan fingerprint density at radius 3 is 2.42 bits per heavy atom. The maximum absolute atomic E-state index is 4.57. The third-order valence-electron chi connectivity index (χ3n) is 4.27. The van der Waals surface area contributed by atoms with Crippen LogP contribution in [-0.4, -0.2) is 22.9 Å². The molecule has 0 aliphatic carbocycles. The van der Waals surface area contributed by atoms with Gasteiger partial charge >= 0.3 is 0 Å². The normalized spacial score (nSPS) is 12.1. The topological polar surface area (TPSA) is 29.9 Å². The first-order valence-corrected chi connectivity index (χ1v) is 7.84. The van der Waals surface area contributed by atoms with Crippen LogP contribution in [0.1, 0.15) is 58.3 Å². The zero-order valence-electron chi connectivity index (χ0n) is 13.4. The zero-order chi connectivity index (χ0) is 14.3. The molecule has 0 saturated carbocycles. The van der Waals surface area contributed by atoms with E-state index in [9.17, 15) is 0 Å². The predicted octanol–water partition coefficient (Wildman–Crippen LogP) is 3.56. The van der Waals surface area contributed by atoms with Crippen LogP contribution >= 0.6 is 0 Å². The first kappa shape index (κ1) is 16.2. The van der Waals surface area contributed by atoms with Gasteiger partial charge in [-0.1, -0.05) is 20.8 Å². The Balaban J connectivity index is 2.81. The fourth-order valence-electron chi connectivity index (χ4n) is 2.74. The highest BCUT2D eigenvalue weighted by Gasteiger charge is 2.27. The average molecular weight is 265 g/mol. The lowest BCUT2D eigenvalue weighted by Gasteiger charge is -2.32. The highest BCUT2D eigenvalue weighted by atomic mass is 15.3. The van der Waals surface area contributed by atoms with E-state index in [2.05, 4.69) is 55.8 Å². The van der Waals surface area contributed by atoms with Gasteiger partial charge in [0.05, 0.1) is 5.69 Å². The van der Waals surface area contributed by atoms with Crippen molar-refractivity contribution in [3.05, 3.63) is 17.5 Å². The highest BCUT2D eigenvalue weighted by molar-refractivity contribution is 5.11. The summed E-state index contributed by atoms with van der Waals surface area (Å²) in [6.45, 7) is 14.3. The summed E-state index contributed by atoms with van der Waals surface area (Å²) in [5, 5.41) is 8.19. The molecule has 0 radical (unpaired) electrons. The summed E-state index contributed by atoms with van der Waals surface area (Å²) >= 11 is 0. The summed E-state index contributed by atoms with van der Waals surface area (Å²) in [5.41, 5.74) is 2.90. The first-order valence-electron chi connectivity index (χ1n) is 7.84. The molecule has 0 spiro atoms. The summed E-state index contributed by atoms with van der Waals surface area (Å²) in [4.78, 5) is 0. The van der Waals surface area contributed by atoms with Crippen LogP contribution in [0.5, 0.6) is 0 Å². The van der Waals surface area contributed by atoms with E-state index in [1.807, 2.05) is 0 Å². The van der Waals surface area contributed by atoms with E-state index in [1.54, 1.807) is 0 Å². The number of hydrogen-bond donors (Lipinski definition) is 1. The molecule has 0 aliphatic rings. The Labute approximate surface area is 118 Å². The molecule has 1 rings (SSSR count). The summed E-state index contributed by atoms with van der Waals surface area (Å²) in [7, 11) is 0. The average Bonchev–Trinajstić information content (AvgIpc) is 2.77. The molecule has 0 atom stereocenters. The SMILES string of the molecule is CCCNCC(CC)(CC)Cc1cc(C)nn1CC. The van der Waals surface area contributed by atoms with E-state index < -0.39 is 0 Å². The molecule has 110 valence electrons. The van der Waals surface area contributed by atoms with Gasteiger partial charge in [-0.05, 0) is 57.6 Å². The quantitative estimate of drug-likeness (QED) is 0.692. The Hall–Kier alpha value is -0.830. The Bertz CT molecular complexity index is 364. The summed E-state index contributed by atoms with van der Waals surface area (Å²) < 4.78 is 2.16. The third-order valence-corrected chi connectivity index (χ3v) is 4.27. The maximum atomic E-state index is 4.57. The van der Waals surface area contributed by atoms with Crippen molar-refractivity contribution in [3.63, 3.8) is 0 Å². The summed E-state index contributed by atoms with van der Waals surface area (Å²) in [5.74, 6) is 0. The molecule has 0 aromatic carbocycles. The number of aryl methyl sites for hydroxylation is 2. The lowest BCUT2D eigenvalue weighted by atomic mass is 9.78. The largest absolute Gasteiger partial charge is 0.316 e. The first-order chi connectivity index (χ1) is 9.10. The van der Waals surface area contributed by atoms with Crippen molar-refractivity contribution in [1.82, 2.24) is 15.1 Å². The molecule has 0 amide bonds. The minimum Gasteiger partial charge on any atom is -0.316 e. The Kier molecular flexibility index (Phi) is 6.56. The second-order valence-corrected chi connectivity index (χ2v) is 5.65. The van der Waals surface area contributed by atoms with E-state index in [-0.39, 0.29) is 0 Å². The number of nitrogens with zero attached hydrogens (tertiary/aromatic N) is 2. The number of hydrogen-bond acceptors (Lipinski definition) is 2. The highest BCUT2D eigenvalue weighted by Crippen LogP contribution is 2.30. The van der Waals surface area contributed by atoms with Crippen LogP contribution in [0.25, 0.3) is 0 Å². The van der Waals surface area contributed by atoms with E-state index in [4.69, 9.17) is 0 Å². The smallest absolute Gasteiger partial charge is 0.0596 e. The molecule has 3 nitrogen and oxygen atoms in total. The van der Waals surface area contributed by atoms with Gasteiger partial charge in [0.25, 0.3) is 0 Å². The molecular weight excluding hydrogens is 234 g/mol. The van der Waals surface area contributed by atoms with Crippen LogP contribution in [0.4, 0.5) is 0 Å². The van der Waals surface area contributed by atoms with Crippen molar-refractivity contribution in [2.75, 3.05) is 13.1 Å². The van der Waals surface area contributed by atoms with Crippen LogP contribution in [0.3, 0.4) is 0 Å². The fraction of sp³-hybridized carbons (Fsp3) is 0.812. The summed E-state index contributed by atoms with van der Waals surface area (Å²) in [6, 6.07) is 2.25. The molecule has 3 heteroatoms. The van der Waals surface area contributed by atoms with Crippen LogP contribution in [-0.2, 0) is 13.0 Å². The van der Waals surface area contributed by atoms with Gasteiger partial charge in [0, 0.05) is 18.8 Å². The molecule has 1 N–H and O–H groups in total. The molecule has 0 saturated heterocycles. The van der Waals surface area contributed by atoms with Gasteiger partial charge in [0.15, 0.2) is 0 Å². The van der Waals surface area contributed by atoms with Gasteiger partial charge in [0.1, 0.15) is 0 Å². The molecule has 19 heavy (non-hydrogen) atoms. The van der Waals surface area contributed by atoms with E-state index in [1.165, 1.54) is 25.0 Å². The second kappa shape index (κ2) is 7.68. The summed E-state index contributed by atoms with van der Waals surface area (Å²) in [6.07, 6.45) is 4.77. The van der Waals surface area contributed by atoms with E-state index >= 15 is 0 Å². The molecule has 0 fully saturated rings. The predicted molar refractivity (Wildman–Crippen MR) is 82.5 cm³/mol. The van der Waals surface area contributed by atoms with Crippen molar-refractivity contribution < 1.29 is 0 Å². The Morgan fingerprint density at radius 2 is 1.89 bits per heavy atom. The Morgan fingerprint density at radius 1 is 1.21 bits per heavy atom. The molecular formula is C16H31N3. The monoisotopic (exact) mass is 265 g/mol. The lowest BCUT2D eigenvalue weighted by molar-refractivity contribution is 0.241. The fourth-order valence-corrected chi connectivity index (χ4v) is 2.74. The van der Waals surface area contributed by atoms with E-state index in [0.29, 0.717) is 5.41 Å². The van der Waals surface area contributed by atoms with Crippen molar-refractivity contribution in [2.45, 2.75) is 66.8 Å². The second-order valence-electron chi connectivity index (χ2n) is 5.65. The molecule has 1 heterocycles. The number of rotatable bonds is 9.